The van der Waals surface area contributed by atoms with Crippen molar-refractivity contribution in [3.05, 3.63) is 11.6 Å². The van der Waals surface area contributed by atoms with Gasteiger partial charge in [0.25, 0.3) is 0 Å². The van der Waals surface area contributed by atoms with Crippen LogP contribution in [0.3, 0.4) is 0 Å². The molecule has 1 saturated heterocycles. The Morgan fingerprint density at radius 2 is 2.25 bits per heavy atom. The van der Waals surface area contributed by atoms with Crippen LogP contribution >= 0.6 is 0 Å². The van der Waals surface area contributed by atoms with Crippen LogP contribution in [0.15, 0.2) is 11.6 Å². The average Bonchev–Trinajstić information content (AvgIpc) is 2.75. The molecule has 1 fully saturated rings. The standard InChI is InChI=1S/C11H18O/c1-8-4-5-9(11(8,2)3)6-10-7-12-10/h4,9-10H,5-7H2,1-3H3/t9-,10+/m0/s1. The van der Waals surface area contributed by atoms with Crippen molar-refractivity contribution in [2.24, 2.45) is 11.3 Å². The summed E-state index contributed by atoms with van der Waals surface area (Å²) in [7, 11) is 0. The summed E-state index contributed by atoms with van der Waals surface area (Å²) in [6.45, 7) is 7.98. The van der Waals surface area contributed by atoms with Gasteiger partial charge in [-0.25, -0.2) is 0 Å². The van der Waals surface area contributed by atoms with Crippen LogP contribution in [0.5, 0.6) is 0 Å². The van der Waals surface area contributed by atoms with Gasteiger partial charge in [0.05, 0.1) is 12.7 Å². The van der Waals surface area contributed by atoms with E-state index in [2.05, 4.69) is 26.8 Å². The highest BCUT2D eigenvalue weighted by atomic mass is 16.6. The summed E-state index contributed by atoms with van der Waals surface area (Å²) in [6.07, 6.45) is 5.51. The lowest BCUT2D eigenvalue weighted by Gasteiger charge is -2.29. The van der Waals surface area contributed by atoms with Gasteiger partial charge >= 0.3 is 0 Å². The molecule has 0 N–H and O–H groups in total. The lowest BCUT2D eigenvalue weighted by atomic mass is 9.76. The van der Waals surface area contributed by atoms with E-state index in [9.17, 15) is 0 Å². The van der Waals surface area contributed by atoms with E-state index < -0.39 is 0 Å². The molecule has 2 aliphatic rings. The van der Waals surface area contributed by atoms with Crippen molar-refractivity contribution in [2.75, 3.05) is 6.61 Å². The van der Waals surface area contributed by atoms with E-state index in [1.807, 2.05) is 0 Å². The van der Waals surface area contributed by atoms with E-state index in [1.54, 1.807) is 5.57 Å². The Morgan fingerprint density at radius 3 is 2.67 bits per heavy atom. The van der Waals surface area contributed by atoms with E-state index in [1.165, 1.54) is 12.8 Å². The molecular weight excluding hydrogens is 148 g/mol. The minimum atomic E-state index is 0.423. The molecule has 0 unspecified atom stereocenters. The van der Waals surface area contributed by atoms with Crippen LogP contribution in [-0.2, 0) is 4.74 Å². The van der Waals surface area contributed by atoms with Gasteiger partial charge in [-0.3, -0.25) is 0 Å². The highest BCUT2D eigenvalue weighted by molar-refractivity contribution is 5.18. The molecule has 1 nitrogen and oxygen atoms in total. The summed E-state index contributed by atoms with van der Waals surface area (Å²) in [6, 6.07) is 0. The fourth-order valence-corrected chi connectivity index (χ4v) is 2.11. The third-order valence-electron chi connectivity index (χ3n) is 3.70. The Balaban J connectivity index is 1.99. The molecule has 0 spiro atoms. The molecule has 1 aliphatic carbocycles. The molecule has 1 heteroatoms. The van der Waals surface area contributed by atoms with Crippen molar-refractivity contribution in [1.82, 2.24) is 0 Å². The quantitative estimate of drug-likeness (QED) is 0.454. The molecule has 68 valence electrons. The second-order valence-electron chi connectivity index (χ2n) is 4.73. The maximum Gasteiger partial charge on any atom is 0.0813 e. The van der Waals surface area contributed by atoms with Gasteiger partial charge in [-0.2, -0.15) is 0 Å². The zero-order valence-corrected chi connectivity index (χ0v) is 8.26. The third kappa shape index (κ3) is 1.31. The fourth-order valence-electron chi connectivity index (χ4n) is 2.11. The molecule has 0 aromatic carbocycles. The Bertz CT molecular complexity index is 211. The van der Waals surface area contributed by atoms with Crippen molar-refractivity contribution >= 4 is 0 Å². The van der Waals surface area contributed by atoms with E-state index >= 15 is 0 Å². The van der Waals surface area contributed by atoms with Crippen molar-refractivity contribution in [3.8, 4) is 0 Å². The monoisotopic (exact) mass is 166 g/mol. The maximum absolute atomic E-state index is 5.28. The smallest absolute Gasteiger partial charge is 0.0813 e. The van der Waals surface area contributed by atoms with Crippen molar-refractivity contribution in [2.45, 2.75) is 39.7 Å². The topological polar surface area (TPSA) is 12.5 Å². The molecule has 0 saturated carbocycles. The minimum absolute atomic E-state index is 0.423. The largest absolute Gasteiger partial charge is 0.373 e. The van der Waals surface area contributed by atoms with Gasteiger partial charge in [0.1, 0.15) is 0 Å². The van der Waals surface area contributed by atoms with Crippen molar-refractivity contribution in [3.63, 3.8) is 0 Å². The van der Waals surface area contributed by atoms with Crippen LogP contribution in [-0.4, -0.2) is 12.7 Å². The van der Waals surface area contributed by atoms with Crippen LogP contribution in [0.2, 0.25) is 0 Å². The van der Waals surface area contributed by atoms with Crippen molar-refractivity contribution < 1.29 is 4.74 Å². The van der Waals surface area contributed by atoms with E-state index in [0.717, 1.165) is 12.5 Å². The predicted molar refractivity (Wildman–Crippen MR) is 50.0 cm³/mol. The summed E-state index contributed by atoms with van der Waals surface area (Å²) in [4.78, 5) is 0. The second-order valence-corrected chi connectivity index (χ2v) is 4.73. The summed E-state index contributed by atoms with van der Waals surface area (Å²) in [5, 5.41) is 0. The lowest BCUT2D eigenvalue weighted by Crippen LogP contribution is -2.21. The summed E-state index contributed by atoms with van der Waals surface area (Å²) in [5.41, 5.74) is 1.99. The zero-order chi connectivity index (χ0) is 8.77. The normalized spacial score (nSPS) is 38.1. The van der Waals surface area contributed by atoms with Crippen LogP contribution < -0.4 is 0 Å². The van der Waals surface area contributed by atoms with Gasteiger partial charge in [-0.1, -0.05) is 25.5 Å². The van der Waals surface area contributed by atoms with Gasteiger partial charge in [-0.05, 0) is 31.1 Å². The van der Waals surface area contributed by atoms with Gasteiger partial charge < -0.3 is 4.74 Å². The van der Waals surface area contributed by atoms with Crippen LogP contribution in [0.25, 0.3) is 0 Å². The molecule has 12 heavy (non-hydrogen) atoms. The third-order valence-corrected chi connectivity index (χ3v) is 3.70. The predicted octanol–water partition coefficient (Wildman–Crippen LogP) is 2.77. The minimum Gasteiger partial charge on any atom is -0.373 e. The van der Waals surface area contributed by atoms with Gasteiger partial charge in [0.2, 0.25) is 0 Å². The molecular formula is C11H18O. The molecule has 1 heterocycles. The van der Waals surface area contributed by atoms with Crippen LogP contribution in [0.4, 0.5) is 0 Å². The highest BCUT2D eigenvalue weighted by Gasteiger charge is 2.38. The van der Waals surface area contributed by atoms with Crippen LogP contribution in [0, 0.1) is 11.3 Å². The molecule has 0 aromatic rings. The fraction of sp³-hybridized carbons (Fsp3) is 0.818. The van der Waals surface area contributed by atoms with Gasteiger partial charge in [0, 0.05) is 0 Å². The Labute approximate surface area is 74.8 Å². The molecule has 0 amide bonds. The molecule has 0 aromatic heterocycles. The van der Waals surface area contributed by atoms with E-state index in [-0.39, 0.29) is 0 Å². The molecule has 2 atom stereocenters. The molecule has 0 bridgehead atoms. The highest BCUT2D eigenvalue weighted by Crippen LogP contribution is 2.46. The molecule has 1 aliphatic heterocycles. The van der Waals surface area contributed by atoms with Crippen LogP contribution in [0.1, 0.15) is 33.6 Å². The Hall–Kier alpha value is -0.300. The number of hydrogen-bond donors (Lipinski definition) is 0. The Kier molecular flexibility index (Phi) is 1.80. The Morgan fingerprint density at radius 1 is 1.58 bits per heavy atom. The number of epoxide rings is 1. The lowest BCUT2D eigenvalue weighted by molar-refractivity contribution is 0.246. The van der Waals surface area contributed by atoms with Gasteiger partial charge in [0.15, 0.2) is 0 Å². The van der Waals surface area contributed by atoms with Crippen molar-refractivity contribution in [1.29, 1.82) is 0 Å². The molecule has 2 rings (SSSR count). The number of allylic oxidation sites excluding steroid dienone is 2. The first-order chi connectivity index (χ1) is 5.60. The van der Waals surface area contributed by atoms with E-state index in [0.29, 0.717) is 11.5 Å². The summed E-state index contributed by atoms with van der Waals surface area (Å²) >= 11 is 0. The van der Waals surface area contributed by atoms with E-state index in [4.69, 9.17) is 4.74 Å². The summed E-state index contributed by atoms with van der Waals surface area (Å²) in [5.74, 6) is 0.824. The first-order valence-corrected chi connectivity index (χ1v) is 4.89. The summed E-state index contributed by atoms with van der Waals surface area (Å²) < 4.78 is 5.28. The first-order valence-electron chi connectivity index (χ1n) is 4.89. The second kappa shape index (κ2) is 2.59. The number of rotatable bonds is 2. The number of ether oxygens (including phenoxy) is 1. The first kappa shape index (κ1) is 8.31. The average molecular weight is 166 g/mol. The SMILES string of the molecule is CC1=CC[C@@H](C[C@@H]2CO2)C1(C)C. The maximum atomic E-state index is 5.28. The zero-order valence-electron chi connectivity index (χ0n) is 8.26. The van der Waals surface area contributed by atoms with Gasteiger partial charge in [-0.15, -0.1) is 0 Å². The number of hydrogen-bond acceptors (Lipinski definition) is 1. The molecule has 0 radical (unpaired) electrons.